The van der Waals surface area contributed by atoms with Crippen LogP contribution in [0.15, 0.2) is 0 Å². The summed E-state index contributed by atoms with van der Waals surface area (Å²) in [5.74, 6) is 1.80. The van der Waals surface area contributed by atoms with Gasteiger partial charge in [-0.2, -0.15) is 0 Å². The number of unbranched alkanes of at least 4 members (excludes halogenated alkanes) is 2. The Balaban J connectivity index is 2.05. The third kappa shape index (κ3) is 4.65. The first-order valence-electron chi connectivity index (χ1n) is 6.15. The van der Waals surface area contributed by atoms with E-state index in [1.807, 2.05) is 0 Å². The number of nitrogens with zero attached hydrogens (tertiary/aromatic N) is 1. The van der Waals surface area contributed by atoms with E-state index in [9.17, 15) is 0 Å². The Labute approximate surface area is 93.8 Å². The molecule has 1 aliphatic rings. The van der Waals surface area contributed by atoms with Crippen LogP contribution in [-0.4, -0.2) is 30.4 Å². The fourth-order valence-corrected chi connectivity index (χ4v) is 2.48. The molecule has 0 saturated carbocycles. The zero-order chi connectivity index (χ0) is 10.2. The molecule has 1 unspecified atom stereocenters. The highest BCUT2D eigenvalue weighted by atomic mass is 35.5. The van der Waals surface area contributed by atoms with Crippen LogP contribution >= 0.6 is 11.6 Å². The fourth-order valence-electron chi connectivity index (χ4n) is 2.29. The Morgan fingerprint density at radius 1 is 1.29 bits per heavy atom. The maximum Gasteiger partial charge on any atom is 0.0223 e. The van der Waals surface area contributed by atoms with Crippen LogP contribution in [0, 0.1) is 5.92 Å². The molecule has 1 fully saturated rings. The van der Waals surface area contributed by atoms with Crippen LogP contribution in [0.5, 0.6) is 0 Å². The average molecular weight is 218 g/mol. The van der Waals surface area contributed by atoms with Crippen molar-refractivity contribution in [1.82, 2.24) is 4.90 Å². The molecule has 14 heavy (non-hydrogen) atoms. The van der Waals surface area contributed by atoms with Crippen LogP contribution in [0.25, 0.3) is 0 Å². The lowest BCUT2D eigenvalue weighted by molar-refractivity contribution is 0.169. The molecular formula is C12H24ClN. The standard InChI is InChI=1S/C12H24ClN/c1-2-12-7-6-10-14(11-12)9-5-3-4-8-13/h12H,2-11H2,1H3. The summed E-state index contributed by atoms with van der Waals surface area (Å²) < 4.78 is 0. The van der Waals surface area contributed by atoms with Crippen molar-refractivity contribution in [1.29, 1.82) is 0 Å². The summed E-state index contributed by atoms with van der Waals surface area (Å²) >= 11 is 5.66. The van der Waals surface area contributed by atoms with Gasteiger partial charge in [-0.15, -0.1) is 11.6 Å². The molecule has 0 N–H and O–H groups in total. The van der Waals surface area contributed by atoms with Gasteiger partial charge in [-0.25, -0.2) is 0 Å². The fraction of sp³-hybridized carbons (Fsp3) is 1.00. The topological polar surface area (TPSA) is 3.24 Å². The molecule has 0 radical (unpaired) electrons. The molecule has 1 aliphatic heterocycles. The minimum Gasteiger partial charge on any atom is -0.303 e. The molecule has 0 amide bonds. The van der Waals surface area contributed by atoms with Crippen molar-refractivity contribution in [2.45, 2.75) is 45.4 Å². The predicted molar refractivity (Wildman–Crippen MR) is 64.0 cm³/mol. The van der Waals surface area contributed by atoms with Gasteiger partial charge < -0.3 is 4.90 Å². The second kappa shape index (κ2) is 7.53. The number of rotatable bonds is 6. The lowest BCUT2D eigenvalue weighted by Crippen LogP contribution is -2.35. The molecule has 1 saturated heterocycles. The molecular weight excluding hydrogens is 194 g/mol. The van der Waals surface area contributed by atoms with Crippen molar-refractivity contribution in [3.05, 3.63) is 0 Å². The average Bonchev–Trinajstić information content (AvgIpc) is 2.25. The van der Waals surface area contributed by atoms with Gasteiger partial charge in [-0.1, -0.05) is 19.8 Å². The Kier molecular flexibility index (Phi) is 6.63. The summed E-state index contributed by atoms with van der Waals surface area (Å²) in [5, 5.41) is 0. The minimum atomic E-state index is 0.831. The van der Waals surface area contributed by atoms with Gasteiger partial charge in [0.2, 0.25) is 0 Å². The zero-order valence-corrected chi connectivity index (χ0v) is 10.2. The summed E-state index contributed by atoms with van der Waals surface area (Å²) in [6.07, 6.45) is 8.05. The number of piperidine rings is 1. The number of halogens is 1. The molecule has 0 aliphatic carbocycles. The molecule has 0 bridgehead atoms. The predicted octanol–water partition coefficient (Wildman–Crippen LogP) is 3.52. The number of hydrogen-bond acceptors (Lipinski definition) is 1. The highest BCUT2D eigenvalue weighted by Crippen LogP contribution is 2.19. The monoisotopic (exact) mass is 217 g/mol. The third-order valence-corrected chi connectivity index (χ3v) is 3.56. The first kappa shape index (κ1) is 12.3. The van der Waals surface area contributed by atoms with Gasteiger partial charge in [0.1, 0.15) is 0 Å². The summed E-state index contributed by atoms with van der Waals surface area (Å²) in [6.45, 7) is 6.30. The Hall–Kier alpha value is 0.250. The Morgan fingerprint density at radius 3 is 2.86 bits per heavy atom. The van der Waals surface area contributed by atoms with Gasteiger partial charge in [0, 0.05) is 12.4 Å². The van der Waals surface area contributed by atoms with Gasteiger partial charge in [0.15, 0.2) is 0 Å². The molecule has 0 aromatic heterocycles. The molecule has 1 nitrogen and oxygen atoms in total. The molecule has 1 heterocycles. The summed E-state index contributed by atoms with van der Waals surface area (Å²) in [7, 11) is 0. The second-order valence-electron chi connectivity index (χ2n) is 4.47. The molecule has 2 heteroatoms. The maximum atomic E-state index is 5.66. The van der Waals surface area contributed by atoms with E-state index in [4.69, 9.17) is 11.6 Å². The van der Waals surface area contributed by atoms with E-state index in [0.29, 0.717) is 0 Å². The van der Waals surface area contributed by atoms with Crippen molar-refractivity contribution < 1.29 is 0 Å². The van der Waals surface area contributed by atoms with Crippen molar-refractivity contribution >= 4 is 11.6 Å². The quantitative estimate of drug-likeness (QED) is 0.486. The van der Waals surface area contributed by atoms with Gasteiger partial charge in [0.05, 0.1) is 0 Å². The highest BCUT2D eigenvalue weighted by molar-refractivity contribution is 6.17. The smallest absolute Gasteiger partial charge is 0.0223 e. The van der Waals surface area contributed by atoms with Crippen LogP contribution < -0.4 is 0 Å². The van der Waals surface area contributed by atoms with E-state index in [1.165, 1.54) is 58.2 Å². The molecule has 0 aromatic rings. The van der Waals surface area contributed by atoms with E-state index >= 15 is 0 Å². The van der Waals surface area contributed by atoms with Crippen molar-refractivity contribution in [2.24, 2.45) is 5.92 Å². The summed E-state index contributed by atoms with van der Waals surface area (Å²) in [4.78, 5) is 2.64. The lowest BCUT2D eigenvalue weighted by atomic mass is 9.95. The lowest BCUT2D eigenvalue weighted by Gasteiger charge is -2.32. The third-order valence-electron chi connectivity index (χ3n) is 3.29. The molecule has 0 aromatic carbocycles. The Bertz CT molecular complexity index is 138. The van der Waals surface area contributed by atoms with E-state index < -0.39 is 0 Å². The normalized spacial score (nSPS) is 24.0. The number of likely N-dealkylation sites (tertiary alicyclic amines) is 1. The molecule has 1 rings (SSSR count). The van der Waals surface area contributed by atoms with Crippen LogP contribution in [0.2, 0.25) is 0 Å². The van der Waals surface area contributed by atoms with Gasteiger partial charge in [0.25, 0.3) is 0 Å². The van der Waals surface area contributed by atoms with Crippen LogP contribution in [0.3, 0.4) is 0 Å². The zero-order valence-electron chi connectivity index (χ0n) is 9.47. The highest BCUT2D eigenvalue weighted by Gasteiger charge is 2.17. The van der Waals surface area contributed by atoms with E-state index in [-0.39, 0.29) is 0 Å². The maximum absolute atomic E-state index is 5.66. The molecule has 1 atom stereocenters. The van der Waals surface area contributed by atoms with Crippen LogP contribution in [-0.2, 0) is 0 Å². The summed E-state index contributed by atoms with van der Waals surface area (Å²) in [6, 6.07) is 0. The van der Waals surface area contributed by atoms with Crippen LogP contribution in [0.1, 0.15) is 45.4 Å². The number of alkyl halides is 1. The van der Waals surface area contributed by atoms with Crippen molar-refractivity contribution in [2.75, 3.05) is 25.5 Å². The summed E-state index contributed by atoms with van der Waals surface area (Å²) in [5.41, 5.74) is 0. The first-order chi connectivity index (χ1) is 6.86. The van der Waals surface area contributed by atoms with Crippen LogP contribution in [0.4, 0.5) is 0 Å². The largest absolute Gasteiger partial charge is 0.303 e. The van der Waals surface area contributed by atoms with E-state index in [0.717, 1.165) is 11.8 Å². The molecule has 0 spiro atoms. The SMILES string of the molecule is CCC1CCCN(CCCCCCl)C1. The molecule has 84 valence electrons. The van der Waals surface area contributed by atoms with Crippen molar-refractivity contribution in [3.63, 3.8) is 0 Å². The van der Waals surface area contributed by atoms with E-state index in [1.54, 1.807) is 0 Å². The Morgan fingerprint density at radius 2 is 2.14 bits per heavy atom. The van der Waals surface area contributed by atoms with Crippen molar-refractivity contribution in [3.8, 4) is 0 Å². The minimum absolute atomic E-state index is 0.831. The van der Waals surface area contributed by atoms with Gasteiger partial charge in [-0.3, -0.25) is 0 Å². The van der Waals surface area contributed by atoms with Gasteiger partial charge >= 0.3 is 0 Å². The van der Waals surface area contributed by atoms with Gasteiger partial charge in [-0.05, 0) is 44.7 Å². The second-order valence-corrected chi connectivity index (χ2v) is 4.84. The van der Waals surface area contributed by atoms with E-state index in [2.05, 4.69) is 11.8 Å². The number of hydrogen-bond donors (Lipinski definition) is 0. The first-order valence-corrected chi connectivity index (χ1v) is 6.68.